The third kappa shape index (κ3) is 3.85. The lowest BCUT2D eigenvalue weighted by Gasteiger charge is -2.20. The van der Waals surface area contributed by atoms with E-state index in [1.165, 1.54) is 38.6 Å². The maximum absolute atomic E-state index is 12.1. The standard InChI is InChI=1S/C15H22N2O3/c1-20-14-10-16-12(9-13(14)18)15(19)17-11-7-5-3-2-4-6-8-11/h9-11H,2-8H2,1H3,(H,16,18)(H,17,19). The van der Waals surface area contributed by atoms with Crippen molar-refractivity contribution in [3.8, 4) is 5.75 Å². The Balaban J connectivity index is 1.99. The van der Waals surface area contributed by atoms with Crippen LogP contribution in [-0.4, -0.2) is 24.0 Å². The molecule has 1 fully saturated rings. The van der Waals surface area contributed by atoms with E-state index in [1.54, 1.807) is 0 Å². The molecular weight excluding hydrogens is 256 g/mol. The SMILES string of the molecule is COc1c[nH]c(C(=O)NC2CCCCCCC2)cc1=O. The molecule has 0 unspecified atom stereocenters. The molecule has 1 aromatic heterocycles. The summed E-state index contributed by atoms with van der Waals surface area (Å²) in [6.45, 7) is 0. The average molecular weight is 278 g/mol. The lowest BCUT2D eigenvalue weighted by molar-refractivity contribution is 0.0925. The number of rotatable bonds is 3. The number of methoxy groups -OCH3 is 1. The van der Waals surface area contributed by atoms with Crippen LogP contribution in [0, 0.1) is 0 Å². The first kappa shape index (κ1) is 14.6. The zero-order chi connectivity index (χ0) is 14.4. The second kappa shape index (κ2) is 7.12. The molecule has 1 aromatic rings. The monoisotopic (exact) mass is 278 g/mol. The van der Waals surface area contributed by atoms with Gasteiger partial charge in [0, 0.05) is 18.3 Å². The number of pyridine rings is 1. The van der Waals surface area contributed by atoms with Crippen LogP contribution in [-0.2, 0) is 0 Å². The maximum Gasteiger partial charge on any atom is 0.268 e. The topological polar surface area (TPSA) is 71.2 Å². The number of hydrogen-bond donors (Lipinski definition) is 2. The van der Waals surface area contributed by atoms with Gasteiger partial charge in [-0.15, -0.1) is 0 Å². The molecule has 0 radical (unpaired) electrons. The van der Waals surface area contributed by atoms with E-state index in [-0.39, 0.29) is 28.8 Å². The predicted molar refractivity (Wildman–Crippen MR) is 77.2 cm³/mol. The molecule has 0 bridgehead atoms. The van der Waals surface area contributed by atoms with Crippen molar-refractivity contribution in [1.82, 2.24) is 10.3 Å². The summed E-state index contributed by atoms with van der Waals surface area (Å²) < 4.78 is 4.88. The summed E-state index contributed by atoms with van der Waals surface area (Å²) in [5.41, 5.74) is 0.00641. The summed E-state index contributed by atoms with van der Waals surface area (Å²) in [5.74, 6) is 0.00262. The number of carbonyl (C=O) groups excluding carboxylic acids is 1. The van der Waals surface area contributed by atoms with Crippen molar-refractivity contribution in [2.45, 2.75) is 51.0 Å². The molecule has 1 heterocycles. The van der Waals surface area contributed by atoms with E-state index >= 15 is 0 Å². The Kier molecular flexibility index (Phi) is 5.21. The van der Waals surface area contributed by atoms with Crippen molar-refractivity contribution in [3.63, 3.8) is 0 Å². The fourth-order valence-corrected chi connectivity index (χ4v) is 2.61. The summed E-state index contributed by atoms with van der Waals surface area (Å²) in [6, 6.07) is 1.50. The Labute approximate surface area is 118 Å². The molecule has 1 aliphatic carbocycles. The van der Waals surface area contributed by atoms with E-state index in [4.69, 9.17) is 4.74 Å². The minimum atomic E-state index is -0.283. The largest absolute Gasteiger partial charge is 0.491 e. The fraction of sp³-hybridized carbons (Fsp3) is 0.600. The van der Waals surface area contributed by atoms with Crippen LogP contribution in [0.15, 0.2) is 17.1 Å². The second-order valence-corrected chi connectivity index (χ2v) is 5.29. The molecule has 1 saturated carbocycles. The Morgan fingerprint density at radius 2 is 1.90 bits per heavy atom. The highest BCUT2D eigenvalue weighted by atomic mass is 16.5. The van der Waals surface area contributed by atoms with Crippen molar-refractivity contribution < 1.29 is 9.53 Å². The molecule has 2 N–H and O–H groups in total. The Morgan fingerprint density at radius 1 is 1.25 bits per heavy atom. The first-order chi connectivity index (χ1) is 9.70. The highest BCUT2D eigenvalue weighted by Gasteiger charge is 2.16. The number of nitrogens with one attached hydrogen (secondary N) is 2. The van der Waals surface area contributed by atoms with Crippen molar-refractivity contribution in [2.24, 2.45) is 0 Å². The van der Waals surface area contributed by atoms with Crippen LogP contribution in [0.25, 0.3) is 0 Å². The molecule has 5 nitrogen and oxygen atoms in total. The van der Waals surface area contributed by atoms with Gasteiger partial charge in [-0.2, -0.15) is 0 Å². The second-order valence-electron chi connectivity index (χ2n) is 5.29. The van der Waals surface area contributed by atoms with E-state index in [0.29, 0.717) is 0 Å². The van der Waals surface area contributed by atoms with Gasteiger partial charge in [0.1, 0.15) is 5.69 Å². The van der Waals surface area contributed by atoms with Gasteiger partial charge in [-0.05, 0) is 12.8 Å². The van der Waals surface area contributed by atoms with Crippen molar-refractivity contribution in [3.05, 3.63) is 28.2 Å². The number of carbonyl (C=O) groups is 1. The van der Waals surface area contributed by atoms with Crippen LogP contribution in [0.3, 0.4) is 0 Å². The van der Waals surface area contributed by atoms with Crippen molar-refractivity contribution >= 4 is 5.91 Å². The lowest BCUT2D eigenvalue weighted by atomic mass is 9.96. The molecule has 0 atom stereocenters. The summed E-state index contributed by atoms with van der Waals surface area (Å²) in [7, 11) is 1.43. The molecular formula is C15H22N2O3. The van der Waals surface area contributed by atoms with Crippen molar-refractivity contribution in [1.29, 1.82) is 0 Å². The number of ether oxygens (including phenoxy) is 1. The maximum atomic E-state index is 12.1. The van der Waals surface area contributed by atoms with Crippen LogP contribution >= 0.6 is 0 Å². The molecule has 0 aliphatic heterocycles. The van der Waals surface area contributed by atoms with E-state index < -0.39 is 0 Å². The van der Waals surface area contributed by atoms with Crippen LogP contribution in [0.4, 0.5) is 0 Å². The molecule has 5 heteroatoms. The quantitative estimate of drug-likeness (QED) is 0.890. The Bertz CT molecular complexity index is 502. The normalized spacial score (nSPS) is 17.1. The van der Waals surface area contributed by atoms with E-state index in [0.717, 1.165) is 25.7 Å². The van der Waals surface area contributed by atoms with Crippen LogP contribution < -0.4 is 15.5 Å². The average Bonchev–Trinajstić information content (AvgIpc) is 2.41. The first-order valence-corrected chi connectivity index (χ1v) is 7.28. The highest BCUT2D eigenvalue weighted by Crippen LogP contribution is 2.17. The van der Waals surface area contributed by atoms with Gasteiger partial charge in [0.2, 0.25) is 5.43 Å². The third-order valence-electron chi connectivity index (χ3n) is 3.78. The highest BCUT2D eigenvalue weighted by molar-refractivity contribution is 5.92. The van der Waals surface area contributed by atoms with E-state index in [1.807, 2.05) is 0 Å². The van der Waals surface area contributed by atoms with Gasteiger partial charge >= 0.3 is 0 Å². The van der Waals surface area contributed by atoms with Crippen LogP contribution in [0.5, 0.6) is 5.75 Å². The zero-order valence-corrected chi connectivity index (χ0v) is 11.9. The third-order valence-corrected chi connectivity index (χ3v) is 3.78. The number of aromatic amines is 1. The molecule has 1 aliphatic rings. The molecule has 0 saturated heterocycles. The number of hydrogen-bond acceptors (Lipinski definition) is 3. The number of amides is 1. The summed E-state index contributed by atoms with van der Waals surface area (Å²) in [4.78, 5) is 26.6. The van der Waals surface area contributed by atoms with Crippen LogP contribution in [0.2, 0.25) is 0 Å². The minimum Gasteiger partial charge on any atom is -0.491 e. The zero-order valence-electron chi connectivity index (χ0n) is 11.9. The summed E-state index contributed by atoms with van der Waals surface area (Å²) in [5, 5.41) is 3.02. The predicted octanol–water partition coefficient (Wildman–Crippen LogP) is 2.23. The van der Waals surface area contributed by atoms with Gasteiger partial charge in [-0.3, -0.25) is 9.59 Å². The summed E-state index contributed by atoms with van der Waals surface area (Å²) in [6.07, 6.45) is 9.56. The summed E-state index contributed by atoms with van der Waals surface area (Å²) >= 11 is 0. The molecule has 1 amide bonds. The van der Waals surface area contributed by atoms with Gasteiger partial charge < -0.3 is 15.0 Å². The van der Waals surface area contributed by atoms with Crippen LogP contribution in [0.1, 0.15) is 55.4 Å². The molecule has 0 spiro atoms. The molecule has 110 valence electrons. The first-order valence-electron chi connectivity index (χ1n) is 7.28. The molecule has 0 aromatic carbocycles. The van der Waals surface area contributed by atoms with Gasteiger partial charge in [-0.25, -0.2) is 0 Å². The fourth-order valence-electron chi connectivity index (χ4n) is 2.61. The van der Waals surface area contributed by atoms with Gasteiger partial charge in [0.15, 0.2) is 5.75 Å². The Morgan fingerprint density at radius 3 is 2.50 bits per heavy atom. The molecule has 2 rings (SSSR count). The Hall–Kier alpha value is -1.78. The lowest BCUT2D eigenvalue weighted by Crippen LogP contribution is -2.36. The smallest absolute Gasteiger partial charge is 0.268 e. The minimum absolute atomic E-state index is 0.213. The van der Waals surface area contributed by atoms with E-state index in [9.17, 15) is 9.59 Å². The van der Waals surface area contributed by atoms with Crippen molar-refractivity contribution in [2.75, 3.05) is 7.11 Å². The number of H-pyrrole nitrogens is 1. The van der Waals surface area contributed by atoms with Gasteiger partial charge in [-0.1, -0.05) is 32.1 Å². The van der Waals surface area contributed by atoms with Gasteiger partial charge in [0.05, 0.1) is 7.11 Å². The van der Waals surface area contributed by atoms with E-state index in [2.05, 4.69) is 10.3 Å². The van der Waals surface area contributed by atoms with Gasteiger partial charge in [0.25, 0.3) is 5.91 Å². The molecule has 20 heavy (non-hydrogen) atoms. The number of aromatic nitrogens is 1.